The molecule has 1 rings (SSSR count). The molecule has 1 fully saturated rings. The standard InChI is InChI=1S/C9H16O.C5H8FNO.C2H6/c1-8(10)7-9-5-3-2-4-6-9;1-4(2-3-6)5(7)8;1-2/h9H,2-7H2,1H3;1-3H2,(H2,7,8);1-2H3. The van der Waals surface area contributed by atoms with Crippen molar-refractivity contribution in [3.05, 3.63) is 12.2 Å². The first-order valence-corrected chi connectivity index (χ1v) is 7.50. The van der Waals surface area contributed by atoms with Gasteiger partial charge in [-0.05, 0) is 12.8 Å². The smallest absolute Gasteiger partial charge is 0.244 e. The molecule has 1 amide bonds. The molecule has 0 atom stereocenters. The van der Waals surface area contributed by atoms with E-state index < -0.39 is 12.6 Å². The van der Waals surface area contributed by atoms with Crippen LogP contribution in [0.5, 0.6) is 0 Å². The number of ketones is 1. The third kappa shape index (κ3) is 13.2. The average Bonchev–Trinajstić information content (AvgIpc) is 2.42. The molecule has 0 spiro atoms. The van der Waals surface area contributed by atoms with Crippen LogP contribution in [-0.2, 0) is 9.59 Å². The minimum Gasteiger partial charge on any atom is -0.366 e. The highest BCUT2D eigenvalue weighted by Crippen LogP contribution is 2.26. The number of hydrogen-bond donors (Lipinski definition) is 1. The number of carbonyl (C=O) groups excluding carboxylic acids is 2. The molecule has 20 heavy (non-hydrogen) atoms. The van der Waals surface area contributed by atoms with Gasteiger partial charge in [0.15, 0.2) is 0 Å². The van der Waals surface area contributed by atoms with E-state index in [4.69, 9.17) is 5.73 Å². The summed E-state index contributed by atoms with van der Waals surface area (Å²) in [6.07, 6.45) is 7.54. The van der Waals surface area contributed by atoms with Gasteiger partial charge in [-0.3, -0.25) is 9.18 Å². The number of amides is 1. The Bertz CT molecular complexity index is 284. The second kappa shape index (κ2) is 14.2. The number of carbonyl (C=O) groups is 2. The summed E-state index contributed by atoms with van der Waals surface area (Å²) < 4.78 is 11.3. The van der Waals surface area contributed by atoms with E-state index >= 15 is 0 Å². The van der Waals surface area contributed by atoms with Crippen molar-refractivity contribution in [1.29, 1.82) is 0 Å². The molecule has 3 nitrogen and oxygen atoms in total. The van der Waals surface area contributed by atoms with Gasteiger partial charge in [-0.2, -0.15) is 0 Å². The molecule has 0 bridgehead atoms. The molecule has 0 aromatic rings. The number of primary amides is 1. The summed E-state index contributed by atoms with van der Waals surface area (Å²) in [5, 5.41) is 0. The molecule has 0 radical (unpaired) electrons. The van der Waals surface area contributed by atoms with Crippen molar-refractivity contribution in [3.8, 4) is 0 Å². The normalized spacial score (nSPS) is 14.2. The summed E-state index contributed by atoms with van der Waals surface area (Å²) in [6, 6.07) is 0. The second-order valence-corrected chi connectivity index (χ2v) is 4.82. The number of halogens is 1. The predicted octanol–water partition coefficient (Wildman–Crippen LogP) is 3.96. The summed E-state index contributed by atoms with van der Waals surface area (Å²) in [4.78, 5) is 20.8. The third-order valence-corrected chi connectivity index (χ3v) is 3.05. The van der Waals surface area contributed by atoms with Crippen LogP contribution in [0.3, 0.4) is 0 Å². The Morgan fingerprint density at radius 3 is 2.00 bits per heavy atom. The largest absolute Gasteiger partial charge is 0.366 e. The lowest BCUT2D eigenvalue weighted by atomic mass is 9.86. The average molecular weight is 287 g/mol. The van der Waals surface area contributed by atoms with E-state index in [1.54, 1.807) is 6.92 Å². The molecule has 0 aromatic carbocycles. The lowest BCUT2D eigenvalue weighted by Gasteiger charge is -2.19. The fourth-order valence-corrected chi connectivity index (χ4v) is 2.04. The Hall–Kier alpha value is -1.19. The first kappa shape index (κ1) is 21.1. The highest BCUT2D eigenvalue weighted by Gasteiger charge is 2.14. The summed E-state index contributed by atoms with van der Waals surface area (Å²) in [7, 11) is 0. The topological polar surface area (TPSA) is 60.2 Å². The van der Waals surface area contributed by atoms with Crippen molar-refractivity contribution in [3.63, 3.8) is 0 Å². The molecule has 0 aliphatic heterocycles. The first-order valence-electron chi connectivity index (χ1n) is 7.50. The number of nitrogens with two attached hydrogens (primary N) is 1. The molecular weight excluding hydrogens is 257 g/mol. The van der Waals surface area contributed by atoms with E-state index in [1.165, 1.54) is 32.1 Å². The Labute approximate surface area is 122 Å². The van der Waals surface area contributed by atoms with Crippen LogP contribution in [0.1, 0.15) is 65.7 Å². The quantitative estimate of drug-likeness (QED) is 0.778. The molecule has 0 heterocycles. The van der Waals surface area contributed by atoms with Crippen LogP contribution in [-0.4, -0.2) is 18.4 Å². The maximum atomic E-state index is 11.3. The monoisotopic (exact) mass is 287 g/mol. The van der Waals surface area contributed by atoms with E-state index in [0.717, 1.165) is 12.3 Å². The van der Waals surface area contributed by atoms with Crippen molar-refractivity contribution in [2.45, 2.75) is 65.7 Å². The van der Waals surface area contributed by atoms with Crippen LogP contribution in [0.2, 0.25) is 0 Å². The number of hydrogen-bond acceptors (Lipinski definition) is 2. The lowest BCUT2D eigenvalue weighted by molar-refractivity contribution is -0.118. The molecule has 0 unspecified atom stereocenters. The lowest BCUT2D eigenvalue weighted by Crippen LogP contribution is -2.13. The molecule has 0 aromatic heterocycles. The van der Waals surface area contributed by atoms with Gasteiger partial charge in [0.2, 0.25) is 5.91 Å². The van der Waals surface area contributed by atoms with Gasteiger partial charge in [0.05, 0.1) is 6.67 Å². The summed E-state index contributed by atoms with van der Waals surface area (Å²) >= 11 is 0. The summed E-state index contributed by atoms with van der Waals surface area (Å²) in [6.45, 7) is 8.36. The first-order chi connectivity index (χ1) is 9.47. The minimum absolute atomic E-state index is 0.0509. The molecule has 4 heteroatoms. The highest BCUT2D eigenvalue weighted by atomic mass is 19.1. The van der Waals surface area contributed by atoms with Gasteiger partial charge < -0.3 is 10.5 Å². The summed E-state index contributed by atoms with van der Waals surface area (Å²) in [5.74, 6) is 0.473. The Morgan fingerprint density at radius 1 is 1.20 bits per heavy atom. The maximum Gasteiger partial charge on any atom is 0.244 e. The third-order valence-electron chi connectivity index (χ3n) is 3.05. The number of alkyl halides is 1. The Kier molecular flexibility index (Phi) is 15.0. The molecule has 1 saturated carbocycles. The van der Waals surface area contributed by atoms with Crippen molar-refractivity contribution in [2.24, 2.45) is 11.7 Å². The number of Topliss-reactive ketones (excluding diaryl/α,β-unsaturated/α-hetero) is 1. The van der Waals surface area contributed by atoms with Crippen LogP contribution in [0, 0.1) is 5.92 Å². The molecule has 2 N–H and O–H groups in total. The van der Waals surface area contributed by atoms with Gasteiger partial charge in [-0.25, -0.2) is 0 Å². The van der Waals surface area contributed by atoms with Crippen LogP contribution >= 0.6 is 0 Å². The fourth-order valence-electron chi connectivity index (χ4n) is 2.04. The fraction of sp³-hybridized carbons (Fsp3) is 0.750. The zero-order valence-corrected chi connectivity index (χ0v) is 13.2. The number of rotatable bonds is 5. The van der Waals surface area contributed by atoms with Crippen molar-refractivity contribution in [2.75, 3.05) is 6.67 Å². The molecule has 118 valence electrons. The van der Waals surface area contributed by atoms with E-state index in [0.29, 0.717) is 5.78 Å². The molecular formula is C16H30FNO2. The minimum atomic E-state index is -0.623. The van der Waals surface area contributed by atoms with E-state index in [-0.39, 0.29) is 12.0 Å². The van der Waals surface area contributed by atoms with Gasteiger partial charge in [0.1, 0.15) is 5.78 Å². The van der Waals surface area contributed by atoms with Crippen molar-refractivity contribution >= 4 is 11.7 Å². The van der Waals surface area contributed by atoms with E-state index in [2.05, 4.69) is 6.58 Å². The van der Waals surface area contributed by atoms with Gasteiger partial charge in [-0.1, -0.05) is 52.5 Å². The molecule has 1 aliphatic carbocycles. The van der Waals surface area contributed by atoms with E-state index in [1.807, 2.05) is 13.8 Å². The zero-order valence-electron chi connectivity index (χ0n) is 13.2. The highest BCUT2D eigenvalue weighted by molar-refractivity contribution is 5.91. The van der Waals surface area contributed by atoms with Gasteiger partial charge in [0, 0.05) is 18.4 Å². The maximum absolute atomic E-state index is 11.3. The van der Waals surface area contributed by atoms with Crippen LogP contribution < -0.4 is 5.73 Å². The van der Waals surface area contributed by atoms with Crippen LogP contribution in [0.15, 0.2) is 12.2 Å². The Balaban J connectivity index is 0. The van der Waals surface area contributed by atoms with Gasteiger partial charge in [-0.15, -0.1) is 0 Å². The van der Waals surface area contributed by atoms with Gasteiger partial charge in [0.25, 0.3) is 0 Å². The summed E-state index contributed by atoms with van der Waals surface area (Å²) in [5.41, 5.74) is 4.86. The second-order valence-electron chi connectivity index (χ2n) is 4.82. The van der Waals surface area contributed by atoms with Crippen LogP contribution in [0.25, 0.3) is 0 Å². The zero-order chi connectivity index (χ0) is 16.0. The molecule has 1 aliphatic rings. The van der Waals surface area contributed by atoms with Crippen LogP contribution in [0.4, 0.5) is 4.39 Å². The van der Waals surface area contributed by atoms with Gasteiger partial charge >= 0.3 is 0 Å². The Morgan fingerprint density at radius 2 is 1.70 bits per heavy atom. The van der Waals surface area contributed by atoms with E-state index in [9.17, 15) is 14.0 Å². The SMILES string of the molecule is C=C(CCF)C(N)=O.CC.CC(=O)CC1CCCCC1. The van der Waals surface area contributed by atoms with Crippen molar-refractivity contribution < 1.29 is 14.0 Å². The molecule has 0 saturated heterocycles. The predicted molar refractivity (Wildman–Crippen MR) is 82.1 cm³/mol. The van der Waals surface area contributed by atoms with Crippen molar-refractivity contribution in [1.82, 2.24) is 0 Å².